The first-order valence-electron chi connectivity index (χ1n) is 11.0. The molecule has 1 fully saturated rings. The monoisotopic (exact) mass is 459 g/mol. The number of hydrogen-bond donors (Lipinski definition) is 2. The number of hydrogen-bond acceptors (Lipinski definition) is 5. The number of likely N-dealkylation sites (N-methyl/N-ethyl adjacent to an activating group) is 1. The summed E-state index contributed by atoms with van der Waals surface area (Å²) in [5, 5.41) is 8.78. The fraction of sp³-hybridized carbons (Fsp3) is 0.417. The smallest absolute Gasteiger partial charge is 0.399 e. The van der Waals surface area contributed by atoms with E-state index in [1.165, 1.54) is 10.7 Å². The Morgan fingerprint density at radius 3 is 2.61 bits per heavy atom. The van der Waals surface area contributed by atoms with Gasteiger partial charge in [0.25, 0.3) is 5.56 Å². The van der Waals surface area contributed by atoms with Gasteiger partial charge in [-0.05, 0) is 80.7 Å². The molecule has 1 unspecified atom stereocenters. The van der Waals surface area contributed by atoms with Crippen molar-refractivity contribution in [3.63, 3.8) is 0 Å². The lowest BCUT2D eigenvalue weighted by Gasteiger charge is -2.30. The van der Waals surface area contributed by atoms with Crippen LogP contribution in [-0.4, -0.2) is 34.8 Å². The first-order chi connectivity index (χ1) is 15.5. The predicted octanol–water partition coefficient (Wildman–Crippen LogP) is 4.52. The summed E-state index contributed by atoms with van der Waals surface area (Å²) >= 11 is 0. The van der Waals surface area contributed by atoms with Crippen molar-refractivity contribution in [1.82, 2.24) is 14.7 Å². The van der Waals surface area contributed by atoms with Crippen LogP contribution in [0.5, 0.6) is 0 Å². The fourth-order valence-electron chi connectivity index (χ4n) is 4.55. The van der Waals surface area contributed by atoms with Crippen molar-refractivity contribution in [2.45, 2.75) is 37.9 Å². The van der Waals surface area contributed by atoms with Crippen molar-refractivity contribution in [1.29, 1.82) is 0 Å². The minimum absolute atomic E-state index is 0.0375. The average Bonchev–Trinajstić information content (AvgIpc) is 2.76. The van der Waals surface area contributed by atoms with Crippen molar-refractivity contribution in [2.75, 3.05) is 31.2 Å². The van der Waals surface area contributed by atoms with E-state index in [1.807, 2.05) is 18.2 Å². The van der Waals surface area contributed by atoms with Gasteiger partial charge in [0.15, 0.2) is 5.82 Å². The third-order valence-corrected chi connectivity index (χ3v) is 6.33. The van der Waals surface area contributed by atoms with E-state index in [4.69, 9.17) is 5.73 Å². The van der Waals surface area contributed by atoms with E-state index in [1.54, 1.807) is 14.0 Å². The third-order valence-electron chi connectivity index (χ3n) is 6.33. The van der Waals surface area contributed by atoms with Gasteiger partial charge in [0.05, 0.1) is 17.0 Å². The number of nitrogens with two attached hydrogens (primary N) is 1. The average molecular weight is 460 g/mol. The second-order valence-electron chi connectivity index (χ2n) is 8.94. The van der Waals surface area contributed by atoms with Gasteiger partial charge >= 0.3 is 6.18 Å². The quantitative estimate of drug-likeness (QED) is 0.561. The number of benzene rings is 2. The Labute approximate surface area is 190 Å². The molecule has 2 aromatic carbocycles. The van der Waals surface area contributed by atoms with Crippen LogP contribution < -0.4 is 16.6 Å². The van der Waals surface area contributed by atoms with Crippen molar-refractivity contribution in [3.8, 4) is 0 Å². The van der Waals surface area contributed by atoms with Crippen LogP contribution in [0, 0.1) is 0 Å². The lowest BCUT2D eigenvalue weighted by Crippen LogP contribution is -2.30. The van der Waals surface area contributed by atoms with Gasteiger partial charge in [0.1, 0.15) is 0 Å². The van der Waals surface area contributed by atoms with Crippen molar-refractivity contribution in [2.24, 2.45) is 7.05 Å². The number of nitrogen functional groups attached to an aromatic ring is 1. The summed E-state index contributed by atoms with van der Waals surface area (Å²) in [5.74, 6) is 0.798. The lowest BCUT2D eigenvalue weighted by molar-refractivity contribution is -0.137. The maximum absolute atomic E-state index is 13.3. The van der Waals surface area contributed by atoms with E-state index in [2.05, 4.69) is 22.4 Å². The van der Waals surface area contributed by atoms with Crippen LogP contribution in [0.4, 0.5) is 24.7 Å². The first kappa shape index (κ1) is 23.1. The number of aryl methyl sites for hydroxylation is 1. The molecule has 1 aromatic heterocycles. The Morgan fingerprint density at radius 1 is 1.15 bits per heavy atom. The van der Waals surface area contributed by atoms with Gasteiger partial charge in [-0.3, -0.25) is 4.79 Å². The Morgan fingerprint density at radius 2 is 1.91 bits per heavy atom. The van der Waals surface area contributed by atoms with Gasteiger partial charge in [-0.25, -0.2) is 4.68 Å². The summed E-state index contributed by atoms with van der Waals surface area (Å²) in [6, 6.07) is 8.80. The number of rotatable bonds is 4. The fourth-order valence-corrected chi connectivity index (χ4v) is 4.55. The SMILES string of the molecule is C[C@@H](Nc1nn(C)c(=O)c2ccc(C3CCCN(C)C3)cc12)c1cc(N)cc(C(F)(F)F)c1. The molecule has 0 amide bonds. The van der Waals surface area contributed by atoms with E-state index >= 15 is 0 Å². The molecule has 2 atom stereocenters. The summed E-state index contributed by atoms with van der Waals surface area (Å²) in [4.78, 5) is 15.0. The van der Waals surface area contributed by atoms with Gasteiger partial charge in [-0.2, -0.15) is 18.3 Å². The maximum atomic E-state index is 13.3. The largest absolute Gasteiger partial charge is 0.416 e. The minimum atomic E-state index is -4.49. The van der Waals surface area contributed by atoms with Crippen molar-refractivity contribution < 1.29 is 13.2 Å². The van der Waals surface area contributed by atoms with Crippen LogP contribution in [-0.2, 0) is 13.2 Å². The Bertz CT molecular complexity index is 1240. The Balaban J connectivity index is 1.74. The molecule has 1 saturated heterocycles. The zero-order valence-corrected chi connectivity index (χ0v) is 18.9. The molecule has 0 spiro atoms. The van der Waals surface area contributed by atoms with Gasteiger partial charge in [0.2, 0.25) is 0 Å². The molecular weight excluding hydrogens is 431 g/mol. The molecule has 6 nitrogen and oxygen atoms in total. The van der Waals surface area contributed by atoms with E-state index < -0.39 is 17.8 Å². The van der Waals surface area contributed by atoms with Gasteiger partial charge < -0.3 is 16.0 Å². The van der Waals surface area contributed by atoms with Crippen LogP contribution in [0.25, 0.3) is 10.8 Å². The number of fused-ring (bicyclic) bond motifs is 1. The van der Waals surface area contributed by atoms with Crippen LogP contribution in [0.3, 0.4) is 0 Å². The normalized spacial score (nSPS) is 18.4. The third kappa shape index (κ3) is 4.83. The molecule has 2 heterocycles. The molecule has 0 radical (unpaired) electrons. The maximum Gasteiger partial charge on any atom is 0.416 e. The number of anilines is 2. The molecule has 0 saturated carbocycles. The zero-order valence-electron chi connectivity index (χ0n) is 18.9. The number of nitrogens with one attached hydrogen (secondary N) is 1. The topological polar surface area (TPSA) is 76.2 Å². The first-order valence-corrected chi connectivity index (χ1v) is 11.0. The molecule has 4 rings (SSSR count). The van der Waals surface area contributed by atoms with Crippen molar-refractivity contribution in [3.05, 3.63) is 63.4 Å². The van der Waals surface area contributed by atoms with E-state index in [9.17, 15) is 18.0 Å². The number of piperidine rings is 1. The molecule has 3 aromatic rings. The minimum Gasteiger partial charge on any atom is -0.399 e. The predicted molar refractivity (Wildman–Crippen MR) is 124 cm³/mol. The number of halogens is 3. The van der Waals surface area contributed by atoms with E-state index in [0.717, 1.165) is 43.6 Å². The highest BCUT2D eigenvalue weighted by molar-refractivity contribution is 5.91. The van der Waals surface area contributed by atoms with Crippen LogP contribution in [0.2, 0.25) is 0 Å². The molecule has 176 valence electrons. The number of alkyl halides is 3. The number of nitrogens with zero attached hydrogens (tertiary/aromatic N) is 3. The van der Waals surface area contributed by atoms with Gasteiger partial charge in [-0.1, -0.05) is 6.07 Å². The van der Waals surface area contributed by atoms with Crippen LogP contribution in [0.1, 0.15) is 48.4 Å². The highest BCUT2D eigenvalue weighted by atomic mass is 19.4. The second kappa shape index (κ2) is 8.70. The van der Waals surface area contributed by atoms with Crippen LogP contribution >= 0.6 is 0 Å². The molecular formula is C24H28F3N5O. The van der Waals surface area contributed by atoms with E-state index in [-0.39, 0.29) is 11.2 Å². The van der Waals surface area contributed by atoms with Gasteiger partial charge in [0, 0.05) is 24.7 Å². The molecule has 33 heavy (non-hydrogen) atoms. The number of aromatic nitrogens is 2. The number of likely N-dealkylation sites (tertiary alicyclic amines) is 1. The molecule has 1 aliphatic heterocycles. The summed E-state index contributed by atoms with van der Waals surface area (Å²) in [6.07, 6.45) is -2.32. The Hall–Kier alpha value is -3.07. The lowest BCUT2D eigenvalue weighted by atomic mass is 9.90. The highest BCUT2D eigenvalue weighted by Gasteiger charge is 2.31. The standard InChI is InChI=1S/C24H28F3N5O/c1-14(17-9-18(24(25,26)27)12-19(28)10-17)29-22-21-11-15(16-5-4-8-31(2)13-16)6-7-20(21)23(33)32(3)30-22/h6-7,9-12,14,16H,4-5,8,13,28H2,1-3H3,(H,29,30)/t14-,16?/m1/s1. The van der Waals surface area contributed by atoms with E-state index in [0.29, 0.717) is 28.1 Å². The summed E-state index contributed by atoms with van der Waals surface area (Å²) in [6.45, 7) is 3.75. The summed E-state index contributed by atoms with van der Waals surface area (Å²) in [7, 11) is 3.66. The molecule has 0 bridgehead atoms. The molecule has 3 N–H and O–H groups in total. The van der Waals surface area contributed by atoms with Gasteiger partial charge in [-0.15, -0.1) is 0 Å². The second-order valence-corrected chi connectivity index (χ2v) is 8.94. The summed E-state index contributed by atoms with van der Waals surface area (Å²) in [5.41, 5.74) is 6.27. The highest BCUT2D eigenvalue weighted by Crippen LogP contribution is 2.34. The van der Waals surface area contributed by atoms with Crippen molar-refractivity contribution >= 4 is 22.3 Å². The zero-order chi connectivity index (χ0) is 23.9. The molecule has 0 aliphatic carbocycles. The Kier molecular flexibility index (Phi) is 6.09. The summed E-state index contributed by atoms with van der Waals surface area (Å²) < 4.78 is 41.0. The molecule has 1 aliphatic rings. The molecule has 9 heteroatoms. The van der Waals surface area contributed by atoms with Crippen LogP contribution in [0.15, 0.2) is 41.2 Å².